The number of benzene rings is 1. The summed E-state index contributed by atoms with van der Waals surface area (Å²) in [6.07, 6.45) is 3.00. The Balaban J connectivity index is 2.63. The molecular formula is C14H21NO. The highest BCUT2D eigenvalue weighted by Crippen LogP contribution is 2.19. The molecule has 0 amide bonds. The molecule has 0 fully saturated rings. The van der Waals surface area contributed by atoms with Crippen molar-refractivity contribution in [1.82, 2.24) is 5.32 Å². The molecule has 16 heavy (non-hydrogen) atoms. The summed E-state index contributed by atoms with van der Waals surface area (Å²) >= 11 is 0. The molecular weight excluding hydrogens is 198 g/mol. The smallest absolute Gasteiger partial charge is 0.124 e. The highest BCUT2D eigenvalue weighted by molar-refractivity contribution is 5.33. The van der Waals surface area contributed by atoms with Gasteiger partial charge in [-0.3, -0.25) is 0 Å². The van der Waals surface area contributed by atoms with Gasteiger partial charge in [-0.25, -0.2) is 0 Å². The molecule has 0 radical (unpaired) electrons. The number of hydrogen-bond donors (Lipinski definition) is 1. The maximum Gasteiger partial charge on any atom is 0.124 e. The van der Waals surface area contributed by atoms with Gasteiger partial charge in [-0.05, 0) is 26.0 Å². The second kappa shape index (κ2) is 7.07. The van der Waals surface area contributed by atoms with E-state index in [0.29, 0.717) is 0 Å². The largest absolute Gasteiger partial charge is 0.486 e. The molecule has 0 aliphatic heterocycles. The third-order valence-corrected chi connectivity index (χ3v) is 2.36. The van der Waals surface area contributed by atoms with Crippen LogP contribution in [0.15, 0.2) is 36.9 Å². The lowest BCUT2D eigenvalue weighted by molar-refractivity contribution is 0.267. The minimum absolute atomic E-state index is 0.0484. The lowest BCUT2D eigenvalue weighted by atomic mass is 10.2. The molecule has 1 aromatic rings. The van der Waals surface area contributed by atoms with Crippen LogP contribution in [0.25, 0.3) is 0 Å². The molecule has 1 N–H and O–H groups in total. The summed E-state index contributed by atoms with van der Waals surface area (Å²) in [5.41, 5.74) is 1.20. The van der Waals surface area contributed by atoms with E-state index in [2.05, 4.69) is 24.9 Å². The average Bonchev–Trinajstić information content (AvgIpc) is 2.31. The molecule has 0 spiro atoms. The highest BCUT2D eigenvalue weighted by atomic mass is 16.5. The van der Waals surface area contributed by atoms with E-state index in [1.54, 1.807) is 6.08 Å². The fourth-order valence-electron chi connectivity index (χ4n) is 1.41. The van der Waals surface area contributed by atoms with E-state index < -0.39 is 0 Å². The molecule has 0 aromatic heterocycles. The van der Waals surface area contributed by atoms with Crippen LogP contribution in [0.2, 0.25) is 0 Å². The van der Waals surface area contributed by atoms with Gasteiger partial charge in [-0.15, -0.1) is 0 Å². The fourth-order valence-corrected chi connectivity index (χ4v) is 1.41. The van der Waals surface area contributed by atoms with Crippen molar-refractivity contribution in [3.63, 3.8) is 0 Å². The second-order valence-electron chi connectivity index (χ2n) is 3.84. The van der Waals surface area contributed by atoms with Crippen molar-refractivity contribution in [2.45, 2.75) is 32.9 Å². The van der Waals surface area contributed by atoms with E-state index in [1.165, 1.54) is 5.56 Å². The van der Waals surface area contributed by atoms with Crippen molar-refractivity contribution in [3.8, 4) is 5.75 Å². The van der Waals surface area contributed by atoms with Crippen LogP contribution in [-0.2, 0) is 6.54 Å². The Morgan fingerprint density at radius 3 is 2.88 bits per heavy atom. The summed E-state index contributed by atoms with van der Waals surface area (Å²) in [4.78, 5) is 0. The SMILES string of the molecule is C=CC(C)Oc1ccccc1CNCCC. The number of rotatable bonds is 7. The van der Waals surface area contributed by atoms with Crippen molar-refractivity contribution in [2.75, 3.05) is 6.54 Å². The lowest BCUT2D eigenvalue weighted by Gasteiger charge is -2.14. The van der Waals surface area contributed by atoms with Crippen molar-refractivity contribution in [3.05, 3.63) is 42.5 Å². The number of hydrogen-bond acceptors (Lipinski definition) is 2. The van der Waals surface area contributed by atoms with E-state index >= 15 is 0 Å². The van der Waals surface area contributed by atoms with Crippen LogP contribution in [0.3, 0.4) is 0 Å². The van der Waals surface area contributed by atoms with E-state index in [4.69, 9.17) is 4.74 Å². The van der Waals surface area contributed by atoms with Crippen molar-refractivity contribution >= 4 is 0 Å². The summed E-state index contributed by atoms with van der Waals surface area (Å²) in [6.45, 7) is 9.76. The maximum absolute atomic E-state index is 5.77. The zero-order valence-electron chi connectivity index (χ0n) is 10.2. The standard InChI is InChI=1S/C14H21NO/c1-4-10-15-11-13-8-6-7-9-14(13)16-12(3)5-2/h5-9,12,15H,2,4,10-11H2,1,3H3. The monoisotopic (exact) mass is 219 g/mol. The van der Waals surface area contributed by atoms with Gasteiger partial charge in [-0.1, -0.05) is 37.8 Å². The van der Waals surface area contributed by atoms with Gasteiger partial charge < -0.3 is 10.1 Å². The summed E-state index contributed by atoms with van der Waals surface area (Å²) in [5.74, 6) is 0.943. The molecule has 0 heterocycles. The van der Waals surface area contributed by atoms with Crippen LogP contribution in [0.1, 0.15) is 25.8 Å². The minimum Gasteiger partial charge on any atom is -0.486 e. The molecule has 0 bridgehead atoms. The van der Waals surface area contributed by atoms with Crippen molar-refractivity contribution in [2.24, 2.45) is 0 Å². The molecule has 0 aliphatic rings. The molecule has 2 heteroatoms. The molecule has 1 rings (SSSR count). The summed E-state index contributed by atoms with van der Waals surface area (Å²) in [5, 5.41) is 3.38. The molecule has 0 aliphatic carbocycles. The zero-order valence-corrected chi connectivity index (χ0v) is 10.2. The van der Waals surface area contributed by atoms with Crippen LogP contribution in [0.5, 0.6) is 5.75 Å². The molecule has 1 aromatic carbocycles. The highest BCUT2D eigenvalue weighted by Gasteiger charge is 2.04. The van der Waals surface area contributed by atoms with Gasteiger partial charge in [0.2, 0.25) is 0 Å². The molecule has 1 unspecified atom stereocenters. The predicted molar refractivity (Wildman–Crippen MR) is 68.7 cm³/mol. The Morgan fingerprint density at radius 1 is 1.44 bits per heavy atom. The fraction of sp³-hybridized carbons (Fsp3) is 0.429. The minimum atomic E-state index is 0.0484. The van der Waals surface area contributed by atoms with E-state index in [1.807, 2.05) is 25.1 Å². The zero-order chi connectivity index (χ0) is 11.8. The van der Waals surface area contributed by atoms with Crippen molar-refractivity contribution < 1.29 is 4.74 Å². The Kier molecular flexibility index (Phi) is 5.65. The van der Waals surface area contributed by atoms with Crippen LogP contribution in [0, 0.1) is 0 Å². The predicted octanol–water partition coefficient (Wildman–Crippen LogP) is 3.14. The Morgan fingerprint density at radius 2 is 2.19 bits per heavy atom. The van der Waals surface area contributed by atoms with Crippen LogP contribution >= 0.6 is 0 Å². The first-order valence-corrected chi connectivity index (χ1v) is 5.85. The quantitative estimate of drug-likeness (QED) is 0.562. The lowest BCUT2D eigenvalue weighted by Crippen LogP contribution is -2.16. The summed E-state index contributed by atoms with van der Waals surface area (Å²) < 4.78 is 5.77. The Labute approximate surface area is 98.3 Å². The van der Waals surface area contributed by atoms with Gasteiger partial charge in [0.25, 0.3) is 0 Å². The van der Waals surface area contributed by atoms with Crippen molar-refractivity contribution in [1.29, 1.82) is 0 Å². The summed E-state index contributed by atoms with van der Waals surface area (Å²) in [6, 6.07) is 8.12. The van der Waals surface area contributed by atoms with Crippen LogP contribution in [-0.4, -0.2) is 12.6 Å². The van der Waals surface area contributed by atoms with Gasteiger partial charge >= 0.3 is 0 Å². The third-order valence-electron chi connectivity index (χ3n) is 2.36. The molecule has 0 saturated heterocycles. The number of para-hydroxylation sites is 1. The van der Waals surface area contributed by atoms with E-state index in [-0.39, 0.29) is 6.10 Å². The number of ether oxygens (including phenoxy) is 1. The topological polar surface area (TPSA) is 21.3 Å². The summed E-state index contributed by atoms with van der Waals surface area (Å²) in [7, 11) is 0. The Bertz CT molecular complexity index is 322. The first kappa shape index (κ1) is 12.8. The van der Waals surface area contributed by atoms with Gasteiger partial charge in [0, 0.05) is 12.1 Å². The third kappa shape index (κ3) is 4.07. The second-order valence-corrected chi connectivity index (χ2v) is 3.84. The van der Waals surface area contributed by atoms with E-state index in [9.17, 15) is 0 Å². The van der Waals surface area contributed by atoms with Gasteiger partial charge in [-0.2, -0.15) is 0 Å². The molecule has 2 nitrogen and oxygen atoms in total. The van der Waals surface area contributed by atoms with Gasteiger partial charge in [0.1, 0.15) is 11.9 Å². The molecule has 88 valence electrons. The maximum atomic E-state index is 5.77. The normalized spacial score (nSPS) is 12.1. The van der Waals surface area contributed by atoms with Gasteiger partial charge in [0.15, 0.2) is 0 Å². The molecule has 0 saturated carbocycles. The average molecular weight is 219 g/mol. The molecule has 1 atom stereocenters. The van der Waals surface area contributed by atoms with Gasteiger partial charge in [0.05, 0.1) is 0 Å². The number of nitrogens with one attached hydrogen (secondary N) is 1. The van der Waals surface area contributed by atoms with Crippen LogP contribution < -0.4 is 10.1 Å². The van der Waals surface area contributed by atoms with Crippen LogP contribution in [0.4, 0.5) is 0 Å². The first-order valence-electron chi connectivity index (χ1n) is 5.85. The first-order chi connectivity index (χ1) is 7.77. The van der Waals surface area contributed by atoms with E-state index in [0.717, 1.165) is 25.3 Å². The Hall–Kier alpha value is -1.28.